The lowest BCUT2D eigenvalue weighted by molar-refractivity contribution is -0.122. The number of carbonyl (C=O) groups is 2. The molecule has 0 radical (unpaired) electrons. The van der Waals surface area contributed by atoms with Crippen LogP contribution in [0.4, 0.5) is 5.69 Å². The fourth-order valence-corrected chi connectivity index (χ4v) is 2.07. The Bertz CT molecular complexity index is 565. The molecule has 0 heterocycles. The quantitative estimate of drug-likeness (QED) is 0.635. The minimum atomic E-state index is -0.582. The van der Waals surface area contributed by atoms with Crippen molar-refractivity contribution >= 4 is 17.5 Å². The van der Waals surface area contributed by atoms with Gasteiger partial charge in [0, 0.05) is 17.8 Å². The second-order valence-electron chi connectivity index (χ2n) is 6.11. The van der Waals surface area contributed by atoms with E-state index in [0.29, 0.717) is 11.6 Å². The van der Waals surface area contributed by atoms with E-state index in [1.54, 1.807) is 44.4 Å². The Morgan fingerprint density at radius 1 is 1.21 bits per heavy atom. The summed E-state index contributed by atoms with van der Waals surface area (Å²) in [7, 11) is 1.59. The van der Waals surface area contributed by atoms with Gasteiger partial charge in [-0.2, -0.15) is 0 Å². The van der Waals surface area contributed by atoms with Gasteiger partial charge in [0.2, 0.25) is 11.8 Å². The Kier molecular flexibility index (Phi) is 7.98. The van der Waals surface area contributed by atoms with Crippen LogP contribution >= 0.6 is 0 Å². The van der Waals surface area contributed by atoms with Crippen molar-refractivity contribution in [2.24, 2.45) is 11.7 Å². The van der Waals surface area contributed by atoms with Crippen LogP contribution in [0.5, 0.6) is 5.75 Å². The van der Waals surface area contributed by atoms with Crippen molar-refractivity contribution in [3.8, 4) is 5.75 Å². The van der Waals surface area contributed by atoms with Crippen LogP contribution in [-0.2, 0) is 9.59 Å². The number of nitrogens with two attached hydrogens (primary N) is 1. The molecule has 1 rings (SSSR count). The van der Waals surface area contributed by atoms with Crippen LogP contribution in [0.15, 0.2) is 36.4 Å². The third-order valence-corrected chi connectivity index (χ3v) is 3.30. The predicted molar refractivity (Wildman–Crippen MR) is 95.8 cm³/mol. The monoisotopic (exact) mass is 333 g/mol. The van der Waals surface area contributed by atoms with Crippen molar-refractivity contribution in [3.05, 3.63) is 36.4 Å². The molecule has 0 aliphatic heterocycles. The van der Waals surface area contributed by atoms with Gasteiger partial charge in [0.1, 0.15) is 5.75 Å². The van der Waals surface area contributed by atoms with E-state index in [2.05, 4.69) is 24.5 Å². The third kappa shape index (κ3) is 7.28. The van der Waals surface area contributed by atoms with Gasteiger partial charge in [-0.3, -0.25) is 9.59 Å². The number of amides is 2. The number of hydrogen-bond acceptors (Lipinski definition) is 4. The van der Waals surface area contributed by atoms with Gasteiger partial charge in [-0.1, -0.05) is 19.9 Å². The maximum absolute atomic E-state index is 12.0. The summed E-state index contributed by atoms with van der Waals surface area (Å²) in [6.45, 7) is 5.73. The number of anilines is 1. The van der Waals surface area contributed by atoms with Crippen molar-refractivity contribution in [3.63, 3.8) is 0 Å². The maximum atomic E-state index is 12.0. The first-order valence-electron chi connectivity index (χ1n) is 8.01. The van der Waals surface area contributed by atoms with Crippen molar-refractivity contribution in [2.75, 3.05) is 12.4 Å². The highest BCUT2D eigenvalue weighted by Crippen LogP contribution is 2.15. The Hall–Kier alpha value is -2.34. The molecule has 2 amide bonds. The SMILES string of the molecule is COc1ccc(NC(=O)/C=C/[C@H](CC(C)C)NC(=O)[C@H](C)N)cc1. The molecule has 1 aromatic carbocycles. The van der Waals surface area contributed by atoms with Crippen LogP contribution in [-0.4, -0.2) is 31.0 Å². The zero-order chi connectivity index (χ0) is 18.1. The van der Waals surface area contributed by atoms with Crippen LogP contribution in [0.1, 0.15) is 27.2 Å². The number of carbonyl (C=O) groups excluding carboxylic acids is 2. The maximum Gasteiger partial charge on any atom is 0.248 e. The molecule has 0 unspecified atom stereocenters. The summed E-state index contributed by atoms with van der Waals surface area (Å²) in [6.07, 6.45) is 3.85. The molecule has 0 spiro atoms. The standard InChI is InChI=1S/C18H27N3O3/c1-12(2)11-15(21-18(23)13(3)19)7-10-17(22)20-14-5-8-16(24-4)9-6-14/h5-10,12-13,15H,11,19H2,1-4H3,(H,20,22)(H,21,23)/b10-7+/t13-,15+/m0/s1. The first kappa shape index (κ1) is 19.7. The highest BCUT2D eigenvalue weighted by molar-refractivity contribution is 5.99. The van der Waals surface area contributed by atoms with E-state index in [9.17, 15) is 9.59 Å². The molecule has 0 bridgehead atoms. The molecule has 1 aromatic rings. The van der Waals surface area contributed by atoms with E-state index >= 15 is 0 Å². The van der Waals surface area contributed by atoms with Crippen LogP contribution < -0.4 is 21.1 Å². The second-order valence-corrected chi connectivity index (χ2v) is 6.11. The number of ether oxygens (including phenoxy) is 1. The summed E-state index contributed by atoms with van der Waals surface area (Å²) in [6, 6.07) is 6.24. The lowest BCUT2D eigenvalue weighted by atomic mass is 10.0. The molecule has 6 heteroatoms. The molecule has 0 aliphatic carbocycles. The first-order chi connectivity index (χ1) is 11.3. The molecule has 132 valence electrons. The van der Waals surface area contributed by atoms with Crippen molar-refractivity contribution in [1.82, 2.24) is 5.32 Å². The van der Waals surface area contributed by atoms with Gasteiger partial charge >= 0.3 is 0 Å². The van der Waals surface area contributed by atoms with Crippen molar-refractivity contribution in [2.45, 2.75) is 39.3 Å². The Morgan fingerprint density at radius 2 is 1.83 bits per heavy atom. The molecule has 0 aromatic heterocycles. The van der Waals surface area contributed by atoms with E-state index in [0.717, 1.165) is 12.2 Å². The normalized spacial score (nSPS) is 13.6. The van der Waals surface area contributed by atoms with Gasteiger partial charge < -0.3 is 21.1 Å². The summed E-state index contributed by atoms with van der Waals surface area (Å²) in [4.78, 5) is 23.8. The fourth-order valence-electron chi connectivity index (χ4n) is 2.07. The van der Waals surface area contributed by atoms with Gasteiger partial charge in [-0.15, -0.1) is 0 Å². The average molecular weight is 333 g/mol. The molecule has 0 saturated carbocycles. The van der Waals surface area contributed by atoms with Crippen LogP contribution in [0.2, 0.25) is 0 Å². The third-order valence-electron chi connectivity index (χ3n) is 3.30. The van der Waals surface area contributed by atoms with E-state index in [1.165, 1.54) is 6.08 Å². The molecule has 24 heavy (non-hydrogen) atoms. The summed E-state index contributed by atoms with van der Waals surface area (Å²) in [5, 5.41) is 5.59. The number of benzene rings is 1. The molecule has 6 nitrogen and oxygen atoms in total. The summed E-state index contributed by atoms with van der Waals surface area (Å²) < 4.78 is 5.07. The highest BCUT2D eigenvalue weighted by Gasteiger charge is 2.14. The van der Waals surface area contributed by atoms with Gasteiger partial charge in [-0.25, -0.2) is 0 Å². The number of nitrogens with one attached hydrogen (secondary N) is 2. The van der Waals surface area contributed by atoms with E-state index in [-0.39, 0.29) is 17.9 Å². The van der Waals surface area contributed by atoms with E-state index in [4.69, 9.17) is 10.5 Å². The predicted octanol–water partition coefficient (Wildman–Crippen LogP) is 2.07. The molecule has 0 saturated heterocycles. The van der Waals surface area contributed by atoms with E-state index in [1.807, 2.05) is 0 Å². The summed E-state index contributed by atoms with van der Waals surface area (Å²) >= 11 is 0. The van der Waals surface area contributed by atoms with Crippen molar-refractivity contribution < 1.29 is 14.3 Å². The summed E-state index contributed by atoms with van der Waals surface area (Å²) in [5.74, 6) is 0.599. The zero-order valence-corrected chi connectivity index (χ0v) is 14.7. The number of methoxy groups -OCH3 is 1. The first-order valence-corrected chi connectivity index (χ1v) is 8.01. The van der Waals surface area contributed by atoms with Gasteiger partial charge in [0.25, 0.3) is 0 Å². The highest BCUT2D eigenvalue weighted by atomic mass is 16.5. The molecule has 4 N–H and O–H groups in total. The molecule has 2 atom stereocenters. The Morgan fingerprint density at radius 3 is 2.33 bits per heavy atom. The topological polar surface area (TPSA) is 93.5 Å². The van der Waals surface area contributed by atoms with Crippen LogP contribution in [0, 0.1) is 5.92 Å². The average Bonchev–Trinajstić information content (AvgIpc) is 2.52. The molecular formula is C18H27N3O3. The molecule has 0 fully saturated rings. The number of rotatable bonds is 8. The van der Waals surface area contributed by atoms with Crippen LogP contribution in [0.25, 0.3) is 0 Å². The molecular weight excluding hydrogens is 306 g/mol. The second kappa shape index (κ2) is 9.72. The Labute approximate surface area is 143 Å². The Balaban J connectivity index is 2.65. The lowest BCUT2D eigenvalue weighted by Crippen LogP contribution is -2.43. The van der Waals surface area contributed by atoms with Gasteiger partial charge in [0.05, 0.1) is 13.2 Å². The smallest absolute Gasteiger partial charge is 0.248 e. The van der Waals surface area contributed by atoms with Crippen LogP contribution in [0.3, 0.4) is 0 Å². The largest absolute Gasteiger partial charge is 0.497 e. The fraction of sp³-hybridized carbons (Fsp3) is 0.444. The minimum absolute atomic E-state index is 0.231. The number of hydrogen-bond donors (Lipinski definition) is 3. The zero-order valence-electron chi connectivity index (χ0n) is 14.7. The minimum Gasteiger partial charge on any atom is -0.497 e. The summed E-state index contributed by atoms with van der Waals surface area (Å²) in [5.41, 5.74) is 6.24. The van der Waals surface area contributed by atoms with Crippen molar-refractivity contribution in [1.29, 1.82) is 0 Å². The van der Waals surface area contributed by atoms with Gasteiger partial charge in [0.15, 0.2) is 0 Å². The van der Waals surface area contributed by atoms with E-state index < -0.39 is 6.04 Å². The van der Waals surface area contributed by atoms with Gasteiger partial charge in [-0.05, 0) is 43.5 Å². The molecule has 0 aliphatic rings. The lowest BCUT2D eigenvalue weighted by Gasteiger charge is -2.18.